The highest BCUT2D eigenvalue weighted by Gasteiger charge is 2.29. The molecule has 1 amide bonds. The van der Waals surface area contributed by atoms with E-state index < -0.39 is 0 Å². The summed E-state index contributed by atoms with van der Waals surface area (Å²) in [5.41, 5.74) is 6.58. The number of likely N-dealkylation sites (tertiary alicyclic amines) is 1. The molecule has 0 aliphatic carbocycles. The normalized spacial score (nSPS) is 19.8. The number of amides is 1. The first-order valence-corrected chi connectivity index (χ1v) is 7.39. The van der Waals surface area contributed by atoms with E-state index in [0.717, 1.165) is 19.4 Å². The summed E-state index contributed by atoms with van der Waals surface area (Å²) in [6.07, 6.45) is 2.60. The lowest BCUT2D eigenvalue weighted by Gasteiger charge is -2.25. The Kier molecular flexibility index (Phi) is 5.70. The molecule has 1 aliphatic heterocycles. The zero-order valence-corrected chi connectivity index (χ0v) is 12.4. The van der Waals surface area contributed by atoms with E-state index in [-0.39, 0.29) is 30.2 Å². The van der Waals surface area contributed by atoms with Gasteiger partial charge in [0, 0.05) is 26.1 Å². The number of carbonyl (C=O) groups excluding carboxylic acids is 1. The number of nitrogens with zero attached hydrogens (tertiary/aromatic N) is 1. The summed E-state index contributed by atoms with van der Waals surface area (Å²) in [7, 11) is 1.64. The Labute approximate surface area is 125 Å². The van der Waals surface area contributed by atoms with Gasteiger partial charge in [-0.25, -0.2) is 4.39 Å². The predicted octanol–water partition coefficient (Wildman–Crippen LogP) is 1.72. The summed E-state index contributed by atoms with van der Waals surface area (Å²) in [5.74, 6) is -0.225. The van der Waals surface area contributed by atoms with Crippen molar-refractivity contribution in [2.24, 2.45) is 5.73 Å². The third kappa shape index (κ3) is 4.25. The van der Waals surface area contributed by atoms with E-state index in [1.165, 1.54) is 6.07 Å². The predicted molar refractivity (Wildman–Crippen MR) is 79.3 cm³/mol. The Morgan fingerprint density at radius 1 is 1.52 bits per heavy atom. The third-order valence-electron chi connectivity index (χ3n) is 3.93. The Hall–Kier alpha value is -1.46. The van der Waals surface area contributed by atoms with Gasteiger partial charge >= 0.3 is 0 Å². The number of benzene rings is 1. The molecule has 1 heterocycles. The van der Waals surface area contributed by atoms with Gasteiger partial charge in [-0.1, -0.05) is 18.2 Å². The molecule has 0 unspecified atom stereocenters. The zero-order chi connectivity index (χ0) is 15.2. The van der Waals surface area contributed by atoms with Gasteiger partial charge in [-0.3, -0.25) is 4.79 Å². The Bertz CT molecular complexity index is 481. The first-order chi connectivity index (χ1) is 10.1. The molecular weight excluding hydrogens is 271 g/mol. The number of hydrogen-bond donors (Lipinski definition) is 1. The van der Waals surface area contributed by atoms with E-state index in [2.05, 4.69) is 0 Å². The molecule has 21 heavy (non-hydrogen) atoms. The van der Waals surface area contributed by atoms with Crippen molar-refractivity contribution in [3.63, 3.8) is 0 Å². The van der Waals surface area contributed by atoms with Crippen molar-refractivity contribution < 1.29 is 13.9 Å². The Morgan fingerprint density at radius 2 is 2.29 bits per heavy atom. The molecule has 2 rings (SSSR count). The van der Waals surface area contributed by atoms with Gasteiger partial charge in [0.05, 0.1) is 12.6 Å². The molecule has 1 fully saturated rings. The molecule has 5 heteroatoms. The third-order valence-corrected chi connectivity index (χ3v) is 3.93. The van der Waals surface area contributed by atoms with Crippen molar-refractivity contribution in [1.29, 1.82) is 0 Å². The van der Waals surface area contributed by atoms with E-state index in [4.69, 9.17) is 10.5 Å². The van der Waals surface area contributed by atoms with Crippen molar-refractivity contribution in [2.75, 3.05) is 20.3 Å². The number of methoxy groups -OCH3 is 1. The quantitative estimate of drug-likeness (QED) is 0.869. The molecule has 1 aliphatic rings. The minimum absolute atomic E-state index is 0.0402. The van der Waals surface area contributed by atoms with Gasteiger partial charge in [-0.05, 0) is 30.9 Å². The van der Waals surface area contributed by atoms with Gasteiger partial charge < -0.3 is 15.4 Å². The molecule has 1 saturated heterocycles. The molecule has 1 aromatic rings. The molecule has 116 valence electrons. The maximum absolute atomic E-state index is 13.6. The number of nitrogens with two attached hydrogens (primary N) is 1. The second-order valence-corrected chi connectivity index (χ2v) is 5.60. The van der Waals surface area contributed by atoms with Crippen LogP contribution < -0.4 is 5.73 Å². The Morgan fingerprint density at radius 3 is 3.00 bits per heavy atom. The lowest BCUT2D eigenvalue weighted by molar-refractivity contribution is -0.133. The highest BCUT2D eigenvalue weighted by atomic mass is 19.1. The van der Waals surface area contributed by atoms with Crippen LogP contribution >= 0.6 is 0 Å². The summed E-state index contributed by atoms with van der Waals surface area (Å²) in [5, 5.41) is 0. The van der Waals surface area contributed by atoms with Gasteiger partial charge in [0.2, 0.25) is 5.91 Å². The average molecular weight is 294 g/mol. The number of carbonyl (C=O) groups is 1. The van der Waals surface area contributed by atoms with Crippen molar-refractivity contribution in [2.45, 2.75) is 37.8 Å². The largest absolute Gasteiger partial charge is 0.383 e. The molecule has 2 N–H and O–H groups in total. The van der Waals surface area contributed by atoms with Crippen LogP contribution in [0.5, 0.6) is 0 Å². The molecule has 2 atom stereocenters. The molecule has 0 bridgehead atoms. The van der Waals surface area contributed by atoms with Gasteiger partial charge in [-0.2, -0.15) is 0 Å². The standard InChI is InChI=1S/C16H23FN2O2/c1-21-11-14-6-4-8-19(14)16(20)10-13(18)9-12-5-2-3-7-15(12)17/h2-3,5,7,13-14H,4,6,8-11,18H2,1H3/t13-,14+/m1/s1. The topological polar surface area (TPSA) is 55.6 Å². The smallest absolute Gasteiger partial charge is 0.224 e. The van der Waals surface area contributed by atoms with Gasteiger partial charge in [0.25, 0.3) is 0 Å². The molecule has 0 radical (unpaired) electrons. The van der Waals surface area contributed by atoms with Crippen LogP contribution in [0.4, 0.5) is 4.39 Å². The van der Waals surface area contributed by atoms with E-state index in [0.29, 0.717) is 18.6 Å². The fourth-order valence-corrected chi connectivity index (χ4v) is 2.89. The fourth-order valence-electron chi connectivity index (χ4n) is 2.89. The maximum atomic E-state index is 13.6. The first kappa shape index (κ1) is 15.9. The van der Waals surface area contributed by atoms with Gasteiger partial charge in [0.15, 0.2) is 0 Å². The highest BCUT2D eigenvalue weighted by Crippen LogP contribution is 2.19. The molecule has 0 spiro atoms. The Balaban J connectivity index is 1.88. The van der Waals surface area contributed by atoms with Crippen LogP contribution in [0.25, 0.3) is 0 Å². The van der Waals surface area contributed by atoms with Crippen LogP contribution in [0.3, 0.4) is 0 Å². The number of hydrogen-bond acceptors (Lipinski definition) is 3. The fraction of sp³-hybridized carbons (Fsp3) is 0.562. The number of halogens is 1. The van der Waals surface area contributed by atoms with Gasteiger partial charge in [0.1, 0.15) is 5.82 Å². The molecule has 0 aromatic heterocycles. The van der Waals surface area contributed by atoms with Crippen molar-refractivity contribution in [3.8, 4) is 0 Å². The summed E-state index contributed by atoms with van der Waals surface area (Å²) in [6, 6.07) is 6.35. The lowest BCUT2D eigenvalue weighted by atomic mass is 10.0. The summed E-state index contributed by atoms with van der Waals surface area (Å²) in [4.78, 5) is 14.2. The number of ether oxygens (including phenoxy) is 1. The monoisotopic (exact) mass is 294 g/mol. The van der Waals surface area contributed by atoms with Crippen LogP contribution in [0.1, 0.15) is 24.8 Å². The zero-order valence-electron chi connectivity index (χ0n) is 12.4. The van der Waals surface area contributed by atoms with Crippen LogP contribution in [0.2, 0.25) is 0 Å². The molecular formula is C16H23FN2O2. The second kappa shape index (κ2) is 7.52. The lowest BCUT2D eigenvalue weighted by Crippen LogP contribution is -2.41. The van der Waals surface area contributed by atoms with E-state index >= 15 is 0 Å². The van der Waals surface area contributed by atoms with E-state index in [1.54, 1.807) is 25.3 Å². The van der Waals surface area contributed by atoms with Gasteiger partial charge in [-0.15, -0.1) is 0 Å². The summed E-state index contributed by atoms with van der Waals surface area (Å²) >= 11 is 0. The second-order valence-electron chi connectivity index (χ2n) is 5.60. The molecule has 1 aromatic carbocycles. The van der Waals surface area contributed by atoms with Crippen LogP contribution in [0, 0.1) is 5.82 Å². The highest BCUT2D eigenvalue weighted by molar-refractivity contribution is 5.77. The van der Waals surface area contributed by atoms with Crippen molar-refractivity contribution in [1.82, 2.24) is 4.90 Å². The summed E-state index contributed by atoms with van der Waals surface area (Å²) < 4.78 is 18.7. The van der Waals surface area contributed by atoms with E-state index in [9.17, 15) is 9.18 Å². The first-order valence-electron chi connectivity index (χ1n) is 7.39. The molecule has 0 saturated carbocycles. The van der Waals surface area contributed by atoms with E-state index in [1.807, 2.05) is 4.90 Å². The number of rotatable bonds is 6. The average Bonchev–Trinajstić information content (AvgIpc) is 2.90. The minimum Gasteiger partial charge on any atom is -0.383 e. The SMILES string of the molecule is COC[C@@H]1CCCN1C(=O)C[C@H](N)Cc1ccccc1F. The van der Waals surface area contributed by atoms with Crippen molar-refractivity contribution in [3.05, 3.63) is 35.6 Å². The van der Waals surface area contributed by atoms with Crippen molar-refractivity contribution >= 4 is 5.91 Å². The summed E-state index contributed by atoms with van der Waals surface area (Å²) in [6.45, 7) is 1.33. The maximum Gasteiger partial charge on any atom is 0.224 e. The van der Waals surface area contributed by atoms with Crippen LogP contribution in [-0.4, -0.2) is 43.2 Å². The van der Waals surface area contributed by atoms with Crippen LogP contribution in [0.15, 0.2) is 24.3 Å². The molecule has 4 nitrogen and oxygen atoms in total. The minimum atomic E-state index is -0.363. The van der Waals surface area contributed by atoms with Crippen LogP contribution in [-0.2, 0) is 16.0 Å².